The topological polar surface area (TPSA) is 57.2 Å². The first kappa shape index (κ1) is 14.6. The number of hydrogen-bond donors (Lipinski definition) is 3. The van der Waals surface area contributed by atoms with Crippen molar-refractivity contribution in [1.29, 1.82) is 0 Å². The molecule has 2 unspecified atom stereocenters. The van der Waals surface area contributed by atoms with E-state index in [9.17, 15) is 9.50 Å². The Morgan fingerprint density at radius 1 is 1.33 bits per heavy atom. The number of benzene rings is 1. The smallest absolute Gasteiger partial charge is 0.123 e. The summed E-state index contributed by atoms with van der Waals surface area (Å²) in [4.78, 5) is 4.55. The van der Waals surface area contributed by atoms with Crippen molar-refractivity contribution in [3.63, 3.8) is 0 Å². The normalized spacial score (nSPS) is 21.8. The molecule has 1 aliphatic heterocycles. The second-order valence-electron chi connectivity index (χ2n) is 5.27. The molecule has 21 heavy (non-hydrogen) atoms. The van der Waals surface area contributed by atoms with Gasteiger partial charge in [0.1, 0.15) is 10.8 Å². The van der Waals surface area contributed by atoms with Gasteiger partial charge in [-0.2, -0.15) is 0 Å². The van der Waals surface area contributed by atoms with Crippen molar-refractivity contribution in [3.05, 3.63) is 41.2 Å². The standard InChI is InChI=1S/C15H18FN3OS/c16-12-3-1-10(2-4-12)15-19-13(9-21-15)7-17-5-11-6-18-8-14(11)20/h1-4,9,11,14,17-18,20H,5-8H2. The van der Waals surface area contributed by atoms with Crippen molar-refractivity contribution in [2.45, 2.75) is 12.6 Å². The van der Waals surface area contributed by atoms with Gasteiger partial charge in [0.25, 0.3) is 0 Å². The van der Waals surface area contributed by atoms with Crippen molar-refractivity contribution < 1.29 is 9.50 Å². The highest BCUT2D eigenvalue weighted by Crippen LogP contribution is 2.23. The molecule has 1 aromatic heterocycles. The van der Waals surface area contributed by atoms with E-state index in [0.717, 1.165) is 29.4 Å². The predicted octanol–water partition coefficient (Wildman–Crippen LogP) is 1.62. The second kappa shape index (κ2) is 6.62. The highest BCUT2D eigenvalue weighted by Gasteiger charge is 2.24. The lowest BCUT2D eigenvalue weighted by molar-refractivity contribution is 0.146. The molecule has 1 fully saturated rings. The molecule has 3 N–H and O–H groups in total. The number of aliphatic hydroxyl groups is 1. The molecule has 4 nitrogen and oxygen atoms in total. The Balaban J connectivity index is 1.54. The molecule has 1 aromatic carbocycles. The Kier molecular flexibility index (Phi) is 4.60. The Morgan fingerprint density at radius 2 is 2.14 bits per heavy atom. The number of thiazole rings is 1. The van der Waals surface area contributed by atoms with Crippen molar-refractivity contribution in [1.82, 2.24) is 15.6 Å². The minimum Gasteiger partial charge on any atom is -0.391 e. The third-order valence-electron chi connectivity index (χ3n) is 3.66. The first-order chi connectivity index (χ1) is 10.2. The highest BCUT2D eigenvalue weighted by atomic mass is 32.1. The number of halogens is 1. The summed E-state index contributed by atoms with van der Waals surface area (Å²) in [5, 5.41) is 19.1. The lowest BCUT2D eigenvalue weighted by Gasteiger charge is -2.13. The summed E-state index contributed by atoms with van der Waals surface area (Å²) < 4.78 is 12.9. The molecule has 1 saturated heterocycles. The van der Waals surface area contributed by atoms with E-state index in [-0.39, 0.29) is 17.8 Å². The van der Waals surface area contributed by atoms with Crippen molar-refractivity contribution >= 4 is 11.3 Å². The summed E-state index contributed by atoms with van der Waals surface area (Å²) in [7, 11) is 0. The van der Waals surface area contributed by atoms with Crippen LogP contribution >= 0.6 is 11.3 Å². The lowest BCUT2D eigenvalue weighted by Crippen LogP contribution is -2.30. The third kappa shape index (κ3) is 3.65. The fraction of sp³-hybridized carbons (Fsp3) is 0.400. The minimum atomic E-state index is -0.261. The Labute approximate surface area is 127 Å². The zero-order chi connectivity index (χ0) is 14.7. The van der Waals surface area contributed by atoms with Crippen molar-refractivity contribution in [3.8, 4) is 10.6 Å². The number of nitrogens with one attached hydrogen (secondary N) is 2. The van der Waals surface area contributed by atoms with Crippen LogP contribution in [0.5, 0.6) is 0 Å². The average Bonchev–Trinajstić information content (AvgIpc) is 3.10. The third-order valence-corrected chi connectivity index (χ3v) is 4.60. The zero-order valence-electron chi connectivity index (χ0n) is 11.6. The minimum absolute atomic E-state index is 0.235. The molecule has 2 aromatic rings. The van der Waals surface area contributed by atoms with Crippen LogP contribution in [0.2, 0.25) is 0 Å². The number of nitrogens with zero attached hydrogens (tertiary/aromatic N) is 1. The van der Waals surface area contributed by atoms with Gasteiger partial charge in [0.15, 0.2) is 0 Å². The molecular weight excluding hydrogens is 289 g/mol. The average molecular weight is 307 g/mol. The van der Waals surface area contributed by atoms with Crippen LogP contribution in [0.3, 0.4) is 0 Å². The molecule has 0 bridgehead atoms. The molecule has 0 radical (unpaired) electrons. The maximum Gasteiger partial charge on any atom is 0.123 e. The van der Waals surface area contributed by atoms with Gasteiger partial charge < -0.3 is 15.7 Å². The van der Waals surface area contributed by atoms with E-state index in [1.54, 1.807) is 23.5 Å². The lowest BCUT2D eigenvalue weighted by atomic mass is 10.1. The Hall–Kier alpha value is -1.34. The van der Waals surface area contributed by atoms with E-state index in [0.29, 0.717) is 13.1 Å². The summed E-state index contributed by atoms with van der Waals surface area (Å²) in [6, 6.07) is 6.38. The van der Waals surface area contributed by atoms with Crippen LogP contribution < -0.4 is 10.6 Å². The molecule has 0 saturated carbocycles. The van der Waals surface area contributed by atoms with Crippen LogP contribution in [-0.4, -0.2) is 35.8 Å². The van der Waals surface area contributed by atoms with E-state index in [1.807, 2.05) is 5.38 Å². The van der Waals surface area contributed by atoms with E-state index >= 15 is 0 Å². The molecule has 0 amide bonds. The molecular formula is C15H18FN3OS. The second-order valence-corrected chi connectivity index (χ2v) is 6.13. The molecule has 2 atom stereocenters. The Morgan fingerprint density at radius 3 is 2.86 bits per heavy atom. The van der Waals surface area contributed by atoms with Crippen LogP contribution in [0, 0.1) is 11.7 Å². The largest absolute Gasteiger partial charge is 0.391 e. The zero-order valence-corrected chi connectivity index (χ0v) is 12.4. The molecule has 2 heterocycles. The van der Waals surface area contributed by atoms with E-state index in [2.05, 4.69) is 15.6 Å². The van der Waals surface area contributed by atoms with Gasteiger partial charge in [-0.15, -0.1) is 11.3 Å². The molecule has 0 aliphatic carbocycles. The number of aromatic nitrogens is 1. The molecule has 3 rings (SSSR count). The van der Waals surface area contributed by atoms with Gasteiger partial charge in [0, 0.05) is 43.0 Å². The van der Waals surface area contributed by atoms with E-state index in [4.69, 9.17) is 0 Å². The molecule has 112 valence electrons. The number of hydrogen-bond acceptors (Lipinski definition) is 5. The number of β-amino-alcohol motifs (C(OH)–C–C–N with tert-alkyl or cyclic N) is 1. The maximum absolute atomic E-state index is 12.9. The van der Waals surface area contributed by atoms with Crippen LogP contribution in [0.25, 0.3) is 10.6 Å². The summed E-state index contributed by atoms with van der Waals surface area (Å²) in [6.07, 6.45) is -0.261. The fourth-order valence-corrected chi connectivity index (χ4v) is 3.25. The quantitative estimate of drug-likeness (QED) is 0.786. The summed E-state index contributed by atoms with van der Waals surface area (Å²) in [6.45, 7) is 2.99. The molecule has 0 spiro atoms. The van der Waals surface area contributed by atoms with Gasteiger partial charge in [-0.3, -0.25) is 0 Å². The predicted molar refractivity (Wildman–Crippen MR) is 81.6 cm³/mol. The monoisotopic (exact) mass is 307 g/mol. The number of aliphatic hydroxyl groups excluding tert-OH is 1. The summed E-state index contributed by atoms with van der Waals surface area (Å²) >= 11 is 1.56. The van der Waals surface area contributed by atoms with Gasteiger partial charge >= 0.3 is 0 Å². The summed E-state index contributed by atoms with van der Waals surface area (Å²) in [5.41, 5.74) is 1.91. The van der Waals surface area contributed by atoms with E-state index in [1.165, 1.54) is 12.1 Å². The van der Waals surface area contributed by atoms with Crippen molar-refractivity contribution in [2.24, 2.45) is 5.92 Å². The molecule has 1 aliphatic rings. The van der Waals surface area contributed by atoms with Crippen LogP contribution in [0.15, 0.2) is 29.6 Å². The fourth-order valence-electron chi connectivity index (χ4n) is 2.43. The van der Waals surface area contributed by atoms with Crippen LogP contribution in [0.1, 0.15) is 5.69 Å². The summed E-state index contributed by atoms with van der Waals surface area (Å²) in [5.74, 6) is 0.0288. The Bertz CT molecular complexity index is 587. The first-order valence-corrected chi connectivity index (χ1v) is 7.90. The van der Waals surface area contributed by atoms with Crippen LogP contribution in [0.4, 0.5) is 4.39 Å². The first-order valence-electron chi connectivity index (χ1n) is 7.02. The number of rotatable bonds is 5. The highest BCUT2D eigenvalue weighted by molar-refractivity contribution is 7.13. The van der Waals surface area contributed by atoms with Gasteiger partial charge in [-0.25, -0.2) is 9.37 Å². The SMILES string of the molecule is OC1CNCC1CNCc1csc(-c2ccc(F)cc2)n1. The van der Waals surface area contributed by atoms with E-state index < -0.39 is 0 Å². The van der Waals surface area contributed by atoms with Crippen LogP contribution in [-0.2, 0) is 6.54 Å². The van der Waals surface area contributed by atoms with Gasteiger partial charge in [0.2, 0.25) is 0 Å². The van der Waals surface area contributed by atoms with Gasteiger partial charge in [0.05, 0.1) is 11.8 Å². The maximum atomic E-state index is 12.9. The molecule has 6 heteroatoms. The van der Waals surface area contributed by atoms with Gasteiger partial charge in [-0.1, -0.05) is 0 Å². The van der Waals surface area contributed by atoms with Gasteiger partial charge in [-0.05, 0) is 24.3 Å². The van der Waals surface area contributed by atoms with Crippen molar-refractivity contribution in [2.75, 3.05) is 19.6 Å².